The van der Waals surface area contributed by atoms with Gasteiger partial charge in [-0.3, -0.25) is 34.3 Å². The molecule has 3 aromatic rings. The number of hydrogen-bond donors (Lipinski definition) is 0. The van der Waals surface area contributed by atoms with Crippen molar-refractivity contribution in [1.29, 1.82) is 0 Å². The van der Waals surface area contributed by atoms with Gasteiger partial charge < -0.3 is 0 Å². The van der Waals surface area contributed by atoms with Gasteiger partial charge in [-0.25, -0.2) is 4.39 Å². The number of carbonyl (C=O) groups is 3. The molecule has 8 nitrogen and oxygen atoms in total. The predicted molar refractivity (Wildman–Crippen MR) is 108 cm³/mol. The summed E-state index contributed by atoms with van der Waals surface area (Å²) in [6.07, 6.45) is 0. The number of anilines is 1. The molecule has 0 N–H and O–H groups in total. The minimum absolute atomic E-state index is 0.168. The highest BCUT2D eigenvalue weighted by Crippen LogP contribution is 2.27. The molecule has 31 heavy (non-hydrogen) atoms. The Balaban J connectivity index is 1.76. The Morgan fingerprint density at radius 2 is 1.45 bits per heavy atom. The number of fused-ring (bicyclic) bond motifs is 1. The molecule has 1 aliphatic heterocycles. The number of para-hydroxylation sites is 1. The number of nitro benzene ring substituents is 1. The van der Waals surface area contributed by atoms with E-state index >= 15 is 0 Å². The monoisotopic (exact) mass is 419 g/mol. The van der Waals surface area contributed by atoms with Crippen LogP contribution in [0, 0.1) is 15.9 Å². The van der Waals surface area contributed by atoms with Crippen LogP contribution >= 0.6 is 0 Å². The van der Waals surface area contributed by atoms with Gasteiger partial charge in [-0.1, -0.05) is 24.3 Å². The summed E-state index contributed by atoms with van der Waals surface area (Å²) in [5, 5.41) is 11.4. The first-order valence-corrected chi connectivity index (χ1v) is 9.14. The first-order valence-electron chi connectivity index (χ1n) is 9.14. The normalized spacial score (nSPS) is 12.6. The standard InChI is InChI=1S/C22H14FN3O5/c23-14-9-11-15(12-10-14)24(22(29)18-7-3-4-8-19(18)26(30)31)13-25-20(27)16-5-1-2-6-17(16)21(25)28/h1-12H,13H2. The van der Waals surface area contributed by atoms with Crippen molar-refractivity contribution in [3.8, 4) is 0 Å². The van der Waals surface area contributed by atoms with Crippen molar-refractivity contribution in [3.05, 3.63) is 105 Å². The zero-order valence-electron chi connectivity index (χ0n) is 15.9. The third kappa shape index (κ3) is 3.52. The molecule has 1 aliphatic rings. The Morgan fingerprint density at radius 1 is 0.903 bits per heavy atom. The zero-order chi connectivity index (χ0) is 22.1. The molecule has 0 atom stereocenters. The van der Waals surface area contributed by atoms with E-state index in [1.165, 1.54) is 48.5 Å². The number of amides is 3. The smallest absolute Gasteiger partial charge is 0.282 e. The summed E-state index contributed by atoms with van der Waals surface area (Å²) in [6.45, 7) is -0.497. The van der Waals surface area contributed by atoms with Crippen LogP contribution < -0.4 is 4.90 Å². The summed E-state index contributed by atoms with van der Waals surface area (Å²) in [6, 6.07) is 16.4. The Bertz CT molecular complexity index is 1190. The van der Waals surface area contributed by atoms with Crippen LogP contribution in [0.4, 0.5) is 15.8 Å². The average Bonchev–Trinajstić information content (AvgIpc) is 3.02. The molecule has 0 aromatic heterocycles. The van der Waals surface area contributed by atoms with Crippen molar-refractivity contribution in [2.24, 2.45) is 0 Å². The van der Waals surface area contributed by atoms with Crippen LogP contribution in [-0.2, 0) is 0 Å². The highest BCUT2D eigenvalue weighted by molar-refractivity contribution is 6.22. The van der Waals surface area contributed by atoms with Gasteiger partial charge >= 0.3 is 0 Å². The second-order valence-corrected chi connectivity index (χ2v) is 6.71. The van der Waals surface area contributed by atoms with E-state index in [9.17, 15) is 28.9 Å². The SMILES string of the molecule is O=C1c2ccccc2C(=O)N1CN(C(=O)c1ccccc1[N+](=O)[O-])c1ccc(F)cc1. The lowest BCUT2D eigenvalue weighted by Crippen LogP contribution is -2.44. The van der Waals surface area contributed by atoms with Gasteiger partial charge in [0.05, 0.1) is 16.1 Å². The molecule has 0 radical (unpaired) electrons. The van der Waals surface area contributed by atoms with E-state index in [0.717, 1.165) is 21.9 Å². The van der Waals surface area contributed by atoms with Gasteiger partial charge in [0, 0.05) is 11.8 Å². The Kier molecular flexibility index (Phi) is 5.00. The summed E-state index contributed by atoms with van der Waals surface area (Å²) in [5.41, 5.74) is -0.0918. The molecule has 0 spiro atoms. The van der Waals surface area contributed by atoms with E-state index in [4.69, 9.17) is 0 Å². The van der Waals surface area contributed by atoms with Crippen LogP contribution in [0.1, 0.15) is 31.1 Å². The van der Waals surface area contributed by atoms with E-state index in [-0.39, 0.29) is 22.4 Å². The quantitative estimate of drug-likeness (QED) is 0.357. The van der Waals surface area contributed by atoms with Crippen molar-refractivity contribution in [3.63, 3.8) is 0 Å². The minimum atomic E-state index is -0.810. The third-order valence-corrected chi connectivity index (χ3v) is 4.88. The second-order valence-electron chi connectivity index (χ2n) is 6.71. The molecule has 154 valence electrons. The van der Waals surface area contributed by atoms with E-state index in [2.05, 4.69) is 0 Å². The molecular weight excluding hydrogens is 405 g/mol. The molecule has 9 heteroatoms. The van der Waals surface area contributed by atoms with Crippen LogP contribution in [0.3, 0.4) is 0 Å². The van der Waals surface area contributed by atoms with Crippen LogP contribution in [0.15, 0.2) is 72.8 Å². The van der Waals surface area contributed by atoms with Gasteiger partial charge in [0.1, 0.15) is 18.0 Å². The number of nitro groups is 1. The maximum Gasteiger partial charge on any atom is 0.282 e. The lowest BCUT2D eigenvalue weighted by Gasteiger charge is -2.27. The lowest BCUT2D eigenvalue weighted by atomic mass is 10.1. The molecule has 0 bridgehead atoms. The van der Waals surface area contributed by atoms with Crippen LogP contribution in [0.2, 0.25) is 0 Å². The van der Waals surface area contributed by atoms with Gasteiger partial charge in [0.2, 0.25) is 0 Å². The first-order chi connectivity index (χ1) is 14.9. The van der Waals surface area contributed by atoms with Crippen LogP contribution in [0.25, 0.3) is 0 Å². The molecule has 0 fully saturated rings. The number of halogens is 1. The minimum Gasteiger partial charge on any atom is -0.289 e. The van der Waals surface area contributed by atoms with Crippen molar-refractivity contribution in [1.82, 2.24) is 4.90 Å². The fourth-order valence-corrected chi connectivity index (χ4v) is 3.35. The number of hydrogen-bond acceptors (Lipinski definition) is 5. The summed E-state index contributed by atoms with van der Waals surface area (Å²) in [4.78, 5) is 51.4. The van der Waals surface area contributed by atoms with E-state index in [0.29, 0.717) is 0 Å². The summed E-state index contributed by atoms with van der Waals surface area (Å²) in [5.74, 6) is -2.55. The van der Waals surface area contributed by atoms with Crippen LogP contribution in [-0.4, -0.2) is 34.2 Å². The van der Waals surface area contributed by atoms with Gasteiger partial charge in [0.15, 0.2) is 0 Å². The molecule has 0 aliphatic carbocycles. The molecule has 3 aromatic carbocycles. The van der Waals surface area contributed by atoms with Gasteiger partial charge in [-0.05, 0) is 42.5 Å². The molecule has 3 amide bonds. The van der Waals surface area contributed by atoms with Crippen molar-refractivity contribution >= 4 is 29.1 Å². The molecule has 4 rings (SSSR count). The maximum absolute atomic E-state index is 13.4. The summed E-state index contributed by atoms with van der Waals surface area (Å²) >= 11 is 0. The van der Waals surface area contributed by atoms with E-state index < -0.39 is 40.8 Å². The molecule has 0 unspecified atom stereocenters. The first kappa shape index (κ1) is 19.9. The maximum atomic E-state index is 13.4. The molecule has 1 heterocycles. The molecule has 0 saturated carbocycles. The Labute approximate surface area is 175 Å². The highest BCUT2D eigenvalue weighted by Gasteiger charge is 2.38. The molecule has 0 saturated heterocycles. The topological polar surface area (TPSA) is 101 Å². The third-order valence-electron chi connectivity index (χ3n) is 4.88. The van der Waals surface area contributed by atoms with Crippen molar-refractivity contribution in [2.75, 3.05) is 11.6 Å². The second kappa shape index (κ2) is 7.79. The molecular formula is C22H14FN3O5. The lowest BCUT2D eigenvalue weighted by molar-refractivity contribution is -0.385. The Morgan fingerprint density at radius 3 is 2.03 bits per heavy atom. The van der Waals surface area contributed by atoms with Crippen LogP contribution in [0.5, 0.6) is 0 Å². The Hall–Kier alpha value is -4.40. The largest absolute Gasteiger partial charge is 0.289 e. The number of rotatable bonds is 5. The van der Waals surface area contributed by atoms with Gasteiger partial charge in [0.25, 0.3) is 23.4 Å². The number of nitrogens with zero attached hydrogens (tertiary/aromatic N) is 3. The van der Waals surface area contributed by atoms with Crippen molar-refractivity contribution < 1.29 is 23.7 Å². The fraction of sp³-hybridized carbons (Fsp3) is 0.0455. The van der Waals surface area contributed by atoms with Gasteiger partial charge in [-0.2, -0.15) is 0 Å². The highest BCUT2D eigenvalue weighted by atomic mass is 19.1. The number of carbonyl (C=O) groups excluding carboxylic acids is 3. The average molecular weight is 419 g/mol. The predicted octanol–water partition coefficient (Wildman–Crippen LogP) is 3.63. The van der Waals surface area contributed by atoms with Gasteiger partial charge in [-0.15, -0.1) is 0 Å². The summed E-state index contributed by atoms with van der Waals surface area (Å²) in [7, 11) is 0. The summed E-state index contributed by atoms with van der Waals surface area (Å²) < 4.78 is 13.4. The van der Waals surface area contributed by atoms with E-state index in [1.807, 2.05) is 0 Å². The number of benzene rings is 3. The fourth-order valence-electron chi connectivity index (χ4n) is 3.35. The van der Waals surface area contributed by atoms with Crippen molar-refractivity contribution in [2.45, 2.75) is 0 Å². The number of imide groups is 1. The zero-order valence-corrected chi connectivity index (χ0v) is 15.9. The van der Waals surface area contributed by atoms with E-state index in [1.54, 1.807) is 12.1 Å².